The van der Waals surface area contributed by atoms with Gasteiger partial charge in [0, 0.05) is 33.8 Å². The van der Waals surface area contributed by atoms with Gasteiger partial charge in [0.2, 0.25) is 0 Å². The first-order valence-electron chi connectivity index (χ1n) is 14.7. The molecule has 0 saturated carbocycles. The second kappa shape index (κ2) is 8.85. The highest BCUT2D eigenvalue weighted by molar-refractivity contribution is 5.91. The molecule has 2 aliphatic rings. The van der Waals surface area contributed by atoms with Crippen molar-refractivity contribution in [1.29, 1.82) is 0 Å². The van der Waals surface area contributed by atoms with E-state index in [1.54, 1.807) is 0 Å². The largest absolute Gasteiger partial charge is 0.507 e. The Kier molecular flexibility index (Phi) is 5.54. The second-order valence-corrected chi connectivity index (χ2v) is 13.0. The van der Waals surface area contributed by atoms with E-state index in [4.69, 9.17) is 0 Å². The van der Waals surface area contributed by atoms with Crippen molar-refractivity contribution in [2.45, 2.75) is 58.4 Å². The molecule has 0 saturated heterocycles. The number of rotatable bonds is 4. The highest BCUT2D eigenvalue weighted by atomic mass is 16.3. The monoisotopic (exact) mass is 535 g/mol. The Balaban J connectivity index is 1.29. The van der Waals surface area contributed by atoms with Crippen LogP contribution in [-0.4, -0.2) is 11.1 Å². The van der Waals surface area contributed by atoms with Gasteiger partial charge in [-0.05, 0) is 94.3 Å². The third-order valence-electron chi connectivity index (χ3n) is 9.50. The van der Waals surface area contributed by atoms with Crippen LogP contribution in [0.5, 0.6) is 5.75 Å². The topological polar surface area (TPSA) is 23.5 Å². The molecule has 0 aromatic heterocycles. The number of aromatic hydroxyl groups is 1. The van der Waals surface area contributed by atoms with Crippen molar-refractivity contribution >= 4 is 11.4 Å². The molecule has 204 valence electrons. The zero-order chi connectivity index (χ0) is 28.7. The molecule has 5 aromatic rings. The molecule has 0 spiro atoms. The van der Waals surface area contributed by atoms with Crippen LogP contribution in [0, 0.1) is 0 Å². The molecule has 1 N–H and O–H groups in total. The van der Waals surface area contributed by atoms with Crippen LogP contribution in [0.4, 0.5) is 11.4 Å². The van der Waals surface area contributed by atoms with E-state index >= 15 is 0 Å². The molecule has 2 heteroatoms. The predicted octanol–water partition coefficient (Wildman–Crippen LogP) is 10.2. The molecule has 0 unspecified atom stereocenters. The smallest absolute Gasteiger partial charge is 0.123 e. The molecule has 0 bridgehead atoms. The lowest BCUT2D eigenvalue weighted by molar-refractivity contribution is 0.476. The van der Waals surface area contributed by atoms with Crippen LogP contribution in [0.3, 0.4) is 0 Å². The summed E-state index contributed by atoms with van der Waals surface area (Å²) in [6.45, 7) is 13.7. The molecule has 0 aliphatic heterocycles. The van der Waals surface area contributed by atoms with Gasteiger partial charge in [-0.1, -0.05) is 100 Å². The first-order chi connectivity index (χ1) is 19.6. The van der Waals surface area contributed by atoms with Gasteiger partial charge in [-0.15, -0.1) is 0 Å². The average Bonchev–Trinajstić information content (AvgIpc) is 3.34. The summed E-state index contributed by atoms with van der Waals surface area (Å²) in [5, 5.41) is 10.9. The van der Waals surface area contributed by atoms with Crippen molar-refractivity contribution in [3.63, 3.8) is 0 Å². The Hall–Kier alpha value is -4.30. The van der Waals surface area contributed by atoms with E-state index in [2.05, 4.69) is 144 Å². The van der Waals surface area contributed by atoms with Crippen molar-refractivity contribution in [2.24, 2.45) is 0 Å². The van der Waals surface area contributed by atoms with E-state index in [1.807, 2.05) is 6.07 Å². The predicted molar refractivity (Wildman–Crippen MR) is 172 cm³/mol. The summed E-state index contributed by atoms with van der Waals surface area (Å²) in [5.74, 6) is 0.353. The van der Waals surface area contributed by atoms with Crippen LogP contribution in [0.25, 0.3) is 33.4 Å². The second-order valence-electron chi connectivity index (χ2n) is 13.0. The average molecular weight is 536 g/mol. The first kappa shape index (κ1) is 25.7. The van der Waals surface area contributed by atoms with E-state index in [0.717, 1.165) is 11.1 Å². The quantitative estimate of drug-likeness (QED) is 0.247. The van der Waals surface area contributed by atoms with Crippen LogP contribution < -0.4 is 4.90 Å². The minimum atomic E-state index is -0.197. The Morgan fingerprint density at radius 2 is 1.12 bits per heavy atom. The molecule has 0 radical (unpaired) electrons. The van der Waals surface area contributed by atoms with Gasteiger partial charge >= 0.3 is 0 Å². The van der Waals surface area contributed by atoms with Crippen molar-refractivity contribution in [1.82, 2.24) is 0 Å². The number of fused-ring (bicyclic) bond motifs is 6. The van der Waals surface area contributed by atoms with Crippen LogP contribution in [0.2, 0.25) is 0 Å². The van der Waals surface area contributed by atoms with Gasteiger partial charge in [0.15, 0.2) is 0 Å². The molecule has 0 fully saturated rings. The van der Waals surface area contributed by atoms with Crippen molar-refractivity contribution in [3.05, 3.63) is 125 Å². The molecular weight excluding hydrogens is 498 g/mol. The van der Waals surface area contributed by atoms with Gasteiger partial charge in [0.25, 0.3) is 0 Å². The van der Waals surface area contributed by atoms with Gasteiger partial charge in [-0.2, -0.15) is 0 Å². The normalized spacial score (nSPS) is 15.3. The lowest BCUT2D eigenvalue weighted by Crippen LogP contribution is -2.26. The molecule has 41 heavy (non-hydrogen) atoms. The van der Waals surface area contributed by atoms with Gasteiger partial charge in [0.05, 0.1) is 0 Å². The summed E-state index contributed by atoms with van der Waals surface area (Å²) < 4.78 is 0. The van der Waals surface area contributed by atoms with Gasteiger partial charge in [0.1, 0.15) is 5.75 Å². The summed E-state index contributed by atoms with van der Waals surface area (Å²) >= 11 is 0. The summed E-state index contributed by atoms with van der Waals surface area (Å²) in [6.07, 6.45) is 0. The standard InChI is InChI=1S/C39H37NO/c1-24(2)40(27-19-20-30-29-11-7-9-13-32(29)38(3,4)34(30)23-27)26-17-15-25(16-18-26)28-21-22-35(41)36-31-12-8-10-14-33(31)39(5,6)37(28)36/h7-24,41H,1-6H3. The lowest BCUT2D eigenvalue weighted by atomic mass is 9.78. The maximum Gasteiger partial charge on any atom is 0.123 e. The van der Waals surface area contributed by atoms with E-state index in [9.17, 15) is 5.11 Å². The van der Waals surface area contributed by atoms with Crippen molar-refractivity contribution in [3.8, 4) is 39.1 Å². The maximum atomic E-state index is 10.9. The third kappa shape index (κ3) is 3.63. The third-order valence-corrected chi connectivity index (χ3v) is 9.50. The summed E-state index contributed by atoms with van der Waals surface area (Å²) in [5.41, 5.74) is 14.6. The zero-order valence-electron chi connectivity index (χ0n) is 24.8. The van der Waals surface area contributed by atoms with E-state index < -0.39 is 0 Å². The van der Waals surface area contributed by atoms with Crippen LogP contribution in [-0.2, 0) is 10.8 Å². The van der Waals surface area contributed by atoms with Crippen LogP contribution in [0.1, 0.15) is 63.8 Å². The number of anilines is 2. The highest BCUT2D eigenvalue weighted by Gasteiger charge is 2.39. The Morgan fingerprint density at radius 3 is 1.80 bits per heavy atom. The SMILES string of the molecule is CC(C)N(c1ccc(-c2ccc(O)c3c2C(C)(C)c2ccccc2-3)cc1)c1ccc2c(c1)C(C)(C)c1ccccc1-2. The summed E-state index contributed by atoms with van der Waals surface area (Å²) in [7, 11) is 0. The minimum absolute atomic E-state index is 0.0297. The van der Waals surface area contributed by atoms with E-state index in [0.29, 0.717) is 5.75 Å². The number of phenols is 1. The molecule has 2 aliphatic carbocycles. The molecule has 0 heterocycles. The fourth-order valence-electron chi connectivity index (χ4n) is 7.52. The first-order valence-corrected chi connectivity index (χ1v) is 14.7. The van der Waals surface area contributed by atoms with Crippen LogP contribution in [0.15, 0.2) is 103 Å². The van der Waals surface area contributed by atoms with Crippen molar-refractivity contribution in [2.75, 3.05) is 4.90 Å². The highest BCUT2D eigenvalue weighted by Crippen LogP contribution is 2.55. The molecule has 7 rings (SSSR count). The summed E-state index contributed by atoms with van der Waals surface area (Å²) in [6, 6.07) is 37.5. The lowest BCUT2D eigenvalue weighted by Gasteiger charge is -2.31. The minimum Gasteiger partial charge on any atom is -0.507 e. The molecular formula is C39H37NO. The van der Waals surface area contributed by atoms with Gasteiger partial charge < -0.3 is 10.0 Å². The Labute approximate surface area is 243 Å². The fraction of sp³-hybridized carbons (Fsp3) is 0.231. The van der Waals surface area contributed by atoms with Gasteiger partial charge in [-0.25, -0.2) is 0 Å². The molecule has 0 atom stereocenters. The number of phenolic OH excluding ortho intramolecular Hbond substituents is 1. The number of hydrogen-bond donors (Lipinski definition) is 1. The molecule has 0 amide bonds. The van der Waals surface area contributed by atoms with E-state index in [-0.39, 0.29) is 16.9 Å². The van der Waals surface area contributed by atoms with Crippen molar-refractivity contribution < 1.29 is 5.11 Å². The zero-order valence-corrected chi connectivity index (χ0v) is 24.8. The maximum absolute atomic E-state index is 10.9. The summed E-state index contributed by atoms with van der Waals surface area (Å²) in [4.78, 5) is 2.43. The van der Waals surface area contributed by atoms with E-state index in [1.165, 1.54) is 55.9 Å². The molecule has 2 nitrogen and oxygen atoms in total. The number of benzene rings is 5. The van der Waals surface area contributed by atoms with Crippen LogP contribution >= 0.6 is 0 Å². The Bertz CT molecular complexity index is 1820. The number of nitrogens with zero attached hydrogens (tertiary/aromatic N) is 1. The Morgan fingerprint density at radius 1 is 0.561 bits per heavy atom. The van der Waals surface area contributed by atoms with Gasteiger partial charge in [-0.3, -0.25) is 0 Å². The number of hydrogen-bond acceptors (Lipinski definition) is 2. The fourth-order valence-corrected chi connectivity index (χ4v) is 7.52. The molecule has 5 aromatic carbocycles.